The SMILES string of the molecule is Cn1nc(C(=O)Nc2ccc(SC(F)F)cc2)c2ccccc2c1=O. The number of rotatable bonds is 4. The van der Waals surface area contributed by atoms with Crippen molar-refractivity contribution in [3.8, 4) is 0 Å². The standard InChI is InChI=1S/C17H13F2N3O2S/c1-22-16(24)13-5-3-2-4-12(13)14(21-22)15(23)20-10-6-8-11(9-7-10)25-17(18)19/h2-9,17H,1H3,(H,20,23). The number of nitrogens with one attached hydrogen (secondary N) is 1. The van der Waals surface area contributed by atoms with Crippen molar-refractivity contribution >= 4 is 34.1 Å². The number of aryl methyl sites for hydroxylation is 1. The lowest BCUT2D eigenvalue weighted by Gasteiger charge is -2.09. The molecule has 0 unspecified atom stereocenters. The molecule has 0 atom stereocenters. The molecule has 1 amide bonds. The third-order valence-corrected chi connectivity index (χ3v) is 4.23. The maximum atomic E-state index is 12.5. The molecule has 1 aromatic heterocycles. The molecule has 25 heavy (non-hydrogen) atoms. The van der Waals surface area contributed by atoms with E-state index in [4.69, 9.17) is 0 Å². The molecule has 8 heteroatoms. The summed E-state index contributed by atoms with van der Waals surface area (Å²) in [6, 6.07) is 12.8. The molecule has 3 rings (SSSR count). The Hall–Kier alpha value is -2.74. The summed E-state index contributed by atoms with van der Waals surface area (Å²) in [7, 11) is 1.47. The molecule has 0 spiro atoms. The molecule has 0 radical (unpaired) electrons. The van der Waals surface area contributed by atoms with Gasteiger partial charge in [0.1, 0.15) is 0 Å². The van der Waals surface area contributed by atoms with Gasteiger partial charge in [0.15, 0.2) is 5.69 Å². The number of carbonyl (C=O) groups excluding carboxylic acids is 1. The second-order valence-electron chi connectivity index (χ2n) is 5.18. The smallest absolute Gasteiger partial charge is 0.288 e. The summed E-state index contributed by atoms with van der Waals surface area (Å²) in [5, 5.41) is 7.56. The summed E-state index contributed by atoms with van der Waals surface area (Å²) >= 11 is 0.431. The lowest BCUT2D eigenvalue weighted by atomic mass is 10.1. The van der Waals surface area contributed by atoms with Gasteiger partial charge in [0.2, 0.25) is 0 Å². The number of alkyl halides is 2. The van der Waals surface area contributed by atoms with Crippen molar-refractivity contribution in [1.82, 2.24) is 9.78 Å². The highest BCUT2D eigenvalue weighted by Crippen LogP contribution is 2.26. The minimum atomic E-state index is -2.50. The first kappa shape index (κ1) is 17.1. The van der Waals surface area contributed by atoms with Crippen LogP contribution in [-0.4, -0.2) is 21.4 Å². The van der Waals surface area contributed by atoms with Crippen LogP contribution in [0.25, 0.3) is 10.8 Å². The lowest BCUT2D eigenvalue weighted by molar-refractivity contribution is 0.102. The topological polar surface area (TPSA) is 64.0 Å². The van der Waals surface area contributed by atoms with Gasteiger partial charge in [-0.1, -0.05) is 30.0 Å². The number of anilines is 1. The van der Waals surface area contributed by atoms with E-state index in [0.717, 1.165) is 4.68 Å². The first-order valence-corrected chi connectivity index (χ1v) is 8.16. The summed E-state index contributed by atoms with van der Waals surface area (Å²) in [5.74, 6) is -2.98. The number of nitrogens with zero attached hydrogens (tertiary/aromatic N) is 2. The summed E-state index contributed by atoms with van der Waals surface area (Å²) in [5.41, 5.74) is 0.271. The lowest BCUT2D eigenvalue weighted by Crippen LogP contribution is -2.25. The quantitative estimate of drug-likeness (QED) is 0.723. The summed E-state index contributed by atoms with van der Waals surface area (Å²) in [6.45, 7) is 0. The van der Waals surface area contributed by atoms with E-state index < -0.39 is 11.7 Å². The highest BCUT2D eigenvalue weighted by atomic mass is 32.2. The van der Waals surface area contributed by atoms with Crippen LogP contribution in [0.4, 0.5) is 14.5 Å². The zero-order valence-corrected chi connectivity index (χ0v) is 13.9. The van der Waals surface area contributed by atoms with Crippen molar-refractivity contribution in [2.45, 2.75) is 10.7 Å². The van der Waals surface area contributed by atoms with Crippen LogP contribution in [0.15, 0.2) is 58.2 Å². The molecule has 128 valence electrons. The molecule has 1 N–H and O–H groups in total. The normalized spacial score (nSPS) is 11.0. The van der Waals surface area contributed by atoms with Crippen molar-refractivity contribution in [2.24, 2.45) is 7.05 Å². The average Bonchev–Trinajstić information content (AvgIpc) is 2.59. The number of fused-ring (bicyclic) bond motifs is 1. The van der Waals surface area contributed by atoms with Crippen LogP contribution in [-0.2, 0) is 7.05 Å². The van der Waals surface area contributed by atoms with Crippen LogP contribution < -0.4 is 10.9 Å². The van der Waals surface area contributed by atoms with Gasteiger partial charge < -0.3 is 5.32 Å². The summed E-state index contributed by atoms with van der Waals surface area (Å²) < 4.78 is 25.8. The van der Waals surface area contributed by atoms with Gasteiger partial charge in [0.25, 0.3) is 17.2 Å². The van der Waals surface area contributed by atoms with Gasteiger partial charge in [0.05, 0.1) is 5.39 Å². The van der Waals surface area contributed by atoms with E-state index in [2.05, 4.69) is 10.4 Å². The molecule has 5 nitrogen and oxygen atoms in total. The number of benzene rings is 2. The van der Waals surface area contributed by atoms with Gasteiger partial charge in [0, 0.05) is 23.0 Å². The van der Waals surface area contributed by atoms with E-state index in [1.54, 1.807) is 24.3 Å². The van der Waals surface area contributed by atoms with Crippen LogP contribution >= 0.6 is 11.8 Å². The molecular weight excluding hydrogens is 348 g/mol. The van der Waals surface area contributed by atoms with E-state index in [9.17, 15) is 18.4 Å². The molecule has 0 aliphatic carbocycles. The third-order valence-electron chi connectivity index (χ3n) is 3.51. The van der Waals surface area contributed by atoms with Crippen LogP contribution in [0.1, 0.15) is 10.5 Å². The van der Waals surface area contributed by atoms with Gasteiger partial charge in [-0.15, -0.1) is 0 Å². The molecule has 0 bridgehead atoms. The van der Waals surface area contributed by atoms with Gasteiger partial charge >= 0.3 is 0 Å². The number of hydrogen-bond acceptors (Lipinski definition) is 4. The van der Waals surface area contributed by atoms with Crippen molar-refractivity contribution in [2.75, 3.05) is 5.32 Å². The van der Waals surface area contributed by atoms with Gasteiger partial charge in [-0.25, -0.2) is 4.68 Å². The number of halogens is 2. The van der Waals surface area contributed by atoms with Crippen LogP contribution in [0.3, 0.4) is 0 Å². The number of carbonyl (C=O) groups is 1. The predicted octanol–water partition coefficient (Wildman–Crippen LogP) is 3.50. The third kappa shape index (κ3) is 3.69. The number of thioether (sulfide) groups is 1. The maximum absolute atomic E-state index is 12.5. The Labute approximate surface area is 145 Å². The maximum Gasteiger partial charge on any atom is 0.288 e. The minimum Gasteiger partial charge on any atom is -0.321 e. The Kier molecular flexibility index (Phi) is 4.80. The second-order valence-corrected chi connectivity index (χ2v) is 6.24. The molecule has 1 heterocycles. The highest BCUT2D eigenvalue weighted by molar-refractivity contribution is 7.99. The fourth-order valence-corrected chi connectivity index (χ4v) is 2.88. The zero-order chi connectivity index (χ0) is 18.0. The van der Waals surface area contributed by atoms with Crippen LogP contribution in [0, 0.1) is 0 Å². The first-order valence-electron chi connectivity index (χ1n) is 7.28. The fraction of sp³-hybridized carbons (Fsp3) is 0.118. The average molecular weight is 361 g/mol. The monoisotopic (exact) mass is 361 g/mol. The largest absolute Gasteiger partial charge is 0.321 e. The van der Waals surface area contributed by atoms with Crippen molar-refractivity contribution < 1.29 is 13.6 Å². The molecule has 0 saturated carbocycles. The molecule has 0 aliphatic rings. The van der Waals surface area contributed by atoms with Crippen molar-refractivity contribution in [1.29, 1.82) is 0 Å². The van der Waals surface area contributed by atoms with E-state index in [-0.39, 0.29) is 11.3 Å². The Balaban J connectivity index is 1.90. The molecule has 3 aromatic rings. The van der Waals surface area contributed by atoms with Gasteiger partial charge in [-0.3, -0.25) is 9.59 Å². The van der Waals surface area contributed by atoms with E-state index in [1.165, 1.54) is 31.3 Å². The van der Waals surface area contributed by atoms with E-state index in [1.807, 2.05) is 0 Å². The molecule has 0 saturated heterocycles. The number of hydrogen-bond donors (Lipinski definition) is 1. The molecular formula is C17H13F2N3O2S. The van der Waals surface area contributed by atoms with Crippen molar-refractivity contribution in [3.05, 3.63) is 64.6 Å². The predicted molar refractivity (Wildman–Crippen MR) is 93.2 cm³/mol. The van der Waals surface area contributed by atoms with Gasteiger partial charge in [-0.05, 0) is 30.3 Å². The van der Waals surface area contributed by atoms with Crippen molar-refractivity contribution in [3.63, 3.8) is 0 Å². The summed E-state index contributed by atoms with van der Waals surface area (Å²) in [6.07, 6.45) is 0. The number of aromatic nitrogens is 2. The second kappa shape index (κ2) is 7.02. The van der Waals surface area contributed by atoms with Gasteiger partial charge in [-0.2, -0.15) is 13.9 Å². The minimum absolute atomic E-state index is 0.115. The zero-order valence-electron chi connectivity index (χ0n) is 13.1. The Morgan fingerprint density at radius 1 is 1.12 bits per heavy atom. The molecule has 0 aliphatic heterocycles. The fourth-order valence-electron chi connectivity index (χ4n) is 2.38. The van der Waals surface area contributed by atoms with Crippen LogP contribution in [0.5, 0.6) is 0 Å². The molecule has 0 fully saturated rings. The van der Waals surface area contributed by atoms with E-state index in [0.29, 0.717) is 33.1 Å². The Morgan fingerprint density at radius 3 is 2.40 bits per heavy atom. The van der Waals surface area contributed by atoms with E-state index >= 15 is 0 Å². The Morgan fingerprint density at radius 2 is 1.76 bits per heavy atom. The van der Waals surface area contributed by atoms with Crippen LogP contribution in [0.2, 0.25) is 0 Å². The molecule has 2 aromatic carbocycles. The Bertz CT molecular complexity index is 987. The number of amides is 1. The summed E-state index contributed by atoms with van der Waals surface area (Å²) in [4.78, 5) is 25.0. The first-order chi connectivity index (χ1) is 12.0. The highest BCUT2D eigenvalue weighted by Gasteiger charge is 2.15.